The summed E-state index contributed by atoms with van der Waals surface area (Å²) in [5.41, 5.74) is 0.728. The highest BCUT2D eigenvalue weighted by Gasteiger charge is 2.22. The number of benzene rings is 1. The summed E-state index contributed by atoms with van der Waals surface area (Å²) in [6.07, 6.45) is 2.08. The molecule has 0 radical (unpaired) electrons. The molecule has 0 bridgehead atoms. The van der Waals surface area contributed by atoms with E-state index in [2.05, 4.69) is 20.4 Å². The largest absolute Gasteiger partial charge is 0.341 e. The van der Waals surface area contributed by atoms with Crippen LogP contribution in [0.1, 0.15) is 42.6 Å². The molecular formula is C17H20N6O2. The van der Waals surface area contributed by atoms with Gasteiger partial charge in [-0.05, 0) is 25.5 Å². The molecule has 2 aromatic heterocycles. The number of fused-ring (bicyclic) bond motifs is 1. The number of nitrogens with zero attached hydrogens (tertiary/aromatic N) is 5. The van der Waals surface area contributed by atoms with Gasteiger partial charge in [0.05, 0.1) is 17.1 Å². The third kappa shape index (κ3) is 3.02. The molecule has 3 aromatic rings. The summed E-state index contributed by atoms with van der Waals surface area (Å²) in [5.74, 6) is 0.153. The summed E-state index contributed by atoms with van der Waals surface area (Å²) in [6.45, 7) is 4.54. The molecule has 8 nitrogen and oxygen atoms in total. The normalized spacial score (nSPS) is 12.3. The topological polar surface area (TPSA) is 94.7 Å². The molecule has 0 aliphatic heterocycles. The zero-order valence-electron chi connectivity index (χ0n) is 14.4. The second-order valence-corrected chi connectivity index (χ2v) is 5.68. The molecule has 130 valence electrons. The van der Waals surface area contributed by atoms with Gasteiger partial charge in [0, 0.05) is 13.6 Å². The lowest BCUT2D eigenvalue weighted by atomic mass is 10.2. The van der Waals surface area contributed by atoms with Gasteiger partial charge in [-0.25, -0.2) is 14.6 Å². The van der Waals surface area contributed by atoms with E-state index in [0.29, 0.717) is 29.8 Å². The zero-order valence-corrected chi connectivity index (χ0v) is 14.4. The number of amides is 1. The minimum atomic E-state index is -0.510. The van der Waals surface area contributed by atoms with Gasteiger partial charge in [0.1, 0.15) is 12.2 Å². The molecule has 0 fully saturated rings. The Bertz CT molecular complexity index is 975. The van der Waals surface area contributed by atoms with Crippen LogP contribution in [0.15, 0.2) is 35.4 Å². The van der Waals surface area contributed by atoms with Crippen molar-refractivity contribution in [1.82, 2.24) is 29.6 Å². The Kier molecular flexibility index (Phi) is 4.60. The van der Waals surface area contributed by atoms with E-state index in [0.717, 1.165) is 0 Å². The third-order valence-electron chi connectivity index (χ3n) is 4.17. The molecule has 0 saturated carbocycles. The number of nitrogens with one attached hydrogen (secondary N) is 1. The van der Waals surface area contributed by atoms with Crippen LogP contribution in [0.5, 0.6) is 0 Å². The van der Waals surface area contributed by atoms with Crippen molar-refractivity contribution < 1.29 is 4.79 Å². The Morgan fingerprint density at radius 1 is 1.28 bits per heavy atom. The maximum atomic E-state index is 12.7. The Hall–Kier alpha value is -3.03. The predicted molar refractivity (Wildman–Crippen MR) is 93.2 cm³/mol. The molecule has 1 unspecified atom stereocenters. The predicted octanol–water partition coefficient (Wildman–Crippen LogP) is 1.43. The SMILES string of the molecule is CCC(NC(=O)c1nc2ccccc2n(C)c1=O)c1ncnn1CC. The number of rotatable bonds is 5. The average molecular weight is 340 g/mol. The zero-order chi connectivity index (χ0) is 18.0. The van der Waals surface area contributed by atoms with Gasteiger partial charge in [-0.1, -0.05) is 19.1 Å². The maximum absolute atomic E-state index is 12.7. The molecule has 1 atom stereocenters. The monoisotopic (exact) mass is 340 g/mol. The average Bonchev–Trinajstić information content (AvgIpc) is 3.11. The molecule has 3 rings (SSSR count). The van der Waals surface area contributed by atoms with Gasteiger partial charge in [-0.15, -0.1) is 0 Å². The number of carbonyl (C=O) groups is 1. The molecule has 0 saturated heterocycles. The van der Waals surface area contributed by atoms with Crippen LogP contribution in [-0.4, -0.2) is 30.2 Å². The van der Waals surface area contributed by atoms with Crippen molar-refractivity contribution >= 4 is 16.9 Å². The maximum Gasteiger partial charge on any atom is 0.282 e. The summed E-state index contributed by atoms with van der Waals surface area (Å²) < 4.78 is 3.16. The van der Waals surface area contributed by atoms with Crippen LogP contribution in [0.2, 0.25) is 0 Å². The smallest absolute Gasteiger partial charge is 0.282 e. The van der Waals surface area contributed by atoms with E-state index in [1.165, 1.54) is 10.9 Å². The second kappa shape index (κ2) is 6.84. The van der Waals surface area contributed by atoms with Crippen LogP contribution in [0.3, 0.4) is 0 Å². The van der Waals surface area contributed by atoms with Crippen molar-refractivity contribution in [2.45, 2.75) is 32.9 Å². The highest BCUT2D eigenvalue weighted by atomic mass is 16.2. The Morgan fingerprint density at radius 2 is 2.04 bits per heavy atom. The van der Waals surface area contributed by atoms with E-state index < -0.39 is 11.5 Å². The standard InChI is InChI=1S/C17H20N6O2/c1-4-11(15-18-10-19-23(15)5-2)21-16(24)14-17(25)22(3)13-9-7-6-8-12(13)20-14/h6-11H,4-5H2,1-3H3,(H,21,24). The lowest BCUT2D eigenvalue weighted by molar-refractivity contribution is 0.0926. The first-order valence-corrected chi connectivity index (χ1v) is 8.21. The fourth-order valence-electron chi connectivity index (χ4n) is 2.79. The number of hydrogen-bond acceptors (Lipinski definition) is 5. The number of para-hydroxylation sites is 2. The van der Waals surface area contributed by atoms with Gasteiger partial charge in [-0.2, -0.15) is 5.10 Å². The van der Waals surface area contributed by atoms with E-state index in [4.69, 9.17) is 0 Å². The summed E-state index contributed by atoms with van der Waals surface area (Å²) >= 11 is 0. The van der Waals surface area contributed by atoms with Gasteiger partial charge in [0.2, 0.25) is 0 Å². The fourth-order valence-corrected chi connectivity index (χ4v) is 2.79. The number of aromatic nitrogens is 5. The van der Waals surface area contributed by atoms with Crippen LogP contribution in [0.4, 0.5) is 0 Å². The van der Waals surface area contributed by atoms with E-state index in [9.17, 15) is 9.59 Å². The second-order valence-electron chi connectivity index (χ2n) is 5.68. The first kappa shape index (κ1) is 16.8. The van der Waals surface area contributed by atoms with Crippen LogP contribution in [0.25, 0.3) is 11.0 Å². The minimum absolute atomic E-state index is 0.123. The lowest BCUT2D eigenvalue weighted by Crippen LogP contribution is -2.36. The summed E-state index contributed by atoms with van der Waals surface area (Å²) in [7, 11) is 1.63. The van der Waals surface area contributed by atoms with E-state index >= 15 is 0 Å². The third-order valence-corrected chi connectivity index (χ3v) is 4.17. The molecule has 1 N–H and O–H groups in total. The summed E-state index contributed by atoms with van der Waals surface area (Å²) in [6, 6.07) is 6.88. The van der Waals surface area contributed by atoms with Crippen LogP contribution in [0, 0.1) is 0 Å². The van der Waals surface area contributed by atoms with Crippen molar-refractivity contribution in [3.63, 3.8) is 0 Å². The van der Waals surface area contributed by atoms with Crippen molar-refractivity contribution in [3.8, 4) is 0 Å². The lowest BCUT2D eigenvalue weighted by Gasteiger charge is -2.17. The Balaban J connectivity index is 1.97. The molecule has 1 aromatic carbocycles. The van der Waals surface area contributed by atoms with Crippen LogP contribution in [-0.2, 0) is 13.6 Å². The summed E-state index contributed by atoms with van der Waals surface area (Å²) in [5, 5.41) is 6.98. The van der Waals surface area contributed by atoms with E-state index in [1.54, 1.807) is 23.9 Å². The molecule has 0 aliphatic rings. The van der Waals surface area contributed by atoms with Gasteiger partial charge in [0.15, 0.2) is 5.69 Å². The van der Waals surface area contributed by atoms with Crippen molar-refractivity contribution in [2.24, 2.45) is 7.05 Å². The van der Waals surface area contributed by atoms with Crippen molar-refractivity contribution in [2.75, 3.05) is 0 Å². The molecule has 0 spiro atoms. The minimum Gasteiger partial charge on any atom is -0.341 e. The molecule has 1 amide bonds. The number of aryl methyl sites for hydroxylation is 2. The Morgan fingerprint density at radius 3 is 2.76 bits per heavy atom. The van der Waals surface area contributed by atoms with E-state index in [1.807, 2.05) is 26.0 Å². The van der Waals surface area contributed by atoms with Crippen molar-refractivity contribution in [1.29, 1.82) is 0 Å². The number of carbonyl (C=O) groups excluding carboxylic acids is 1. The van der Waals surface area contributed by atoms with Crippen LogP contribution >= 0.6 is 0 Å². The fraction of sp³-hybridized carbons (Fsp3) is 0.353. The van der Waals surface area contributed by atoms with Gasteiger partial charge in [0.25, 0.3) is 11.5 Å². The number of hydrogen-bond donors (Lipinski definition) is 1. The van der Waals surface area contributed by atoms with Gasteiger partial charge in [-0.3, -0.25) is 9.59 Å². The molecule has 2 heterocycles. The molecule has 25 heavy (non-hydrogen) atoms. The van der Waals surface area contributed by atoms with E-state index in [-0.39, 0.29) is 11.7 Å². The first-order chi connectivity index (χ1) is 12.1. The summed E-state index contributed by atoms with van der Waals surface area (Å²) in [4.78, 5) is 33.7. The molecule has 0 aliphatic carbocycles. The quantitative estimate of drug-likeness (QED) is 0.758. The highest BCUT2D eigenvalue weighted by Crippen LogP contribution is 2.14. The molecule has 8 heteroatoms. The van der Waals surface area contributed by atoms with Gasteiger partial charge >= 0.3 is 0 Å². The van der Waals surface area contributed by atoms with Gasteiger partial charge < -0.3 is 9.88 Å². The highest BCUT2D eigenvalue weighted by molar-refractivity contribution is 5.94. The van der Waals surface area contributed by atoms with Crippen LogP contribution < -0.4 is 10.9 Å². The Labute approximate surface area is 144 Å². The first-order valence-electron chi connectivity index (χ1n) is 8.21. The van der Waals surface area contributed by atoms with Crippen molar-refractivity contribution in [3.05, 3.63) is 52.5 Å². The molecular weight excluding hydrogens is 320 g/mol.